The molecule has 12 heavy (non-hydrogen) atoms. The molecule has 0 aromatic rings. The van der Waals surface area contributed by atoms with Gasteiger partial charge in [-0.15, -0.1) is 0 Å². The van der Waals surface area contributed by atoms with Gasteiger partial charge in [-0.3, -0.25) is 0 Å². The minimum Gasteiger partial charge on any atom is -0.328 e. The Balaban J connectivity index is 1.44. The summed E-state index contributed by atoms with van der Waals surface area (Å²) >= 11 is 0. The first-order chi connectivity index (χ1) is 5.81. The van der Waals surface area contributed by atoms with E-state index >= 15 is 0 Å². The zero-order chi connectivity index (χ0) is 8.13. The van der Waals surface area contributed by atoms with Crippen LogP contribution in [0.15, 0.2) is 0 Å². The molecule has 3 aliphatic carbocycles. The summed E-state index contributed by atoms with van der Waals surface area (Å²) in [5, 5.41) is 3.73. The SMILES string of the molecule is NC1CC(NC2CC3CC3C2)C1. The highest BCUT2D eigenvalue weighted by molar-refractivity contribution is 5.01. The summed E-state index contributed by atoms with van der Waals surface area (Å²) in [5.41, 5.74) is 5.74. The van der Waals surface area contributed by atoms with Gasteiger partial charge in [-0.05, 0) is 43.9 Å². The van der Waals surface area contributed by atoms with E-state index in [1.54, 1.807) is 0 Å². The first-order valence-electron chi connectivity index (χ1n) is 5.33. The summed E-state index contributed by atoms with van der Waals surface area (Å²) in [5.74, 6) is 2.22. The number of nitrogens with two attached hydrogens (primary N) is 1. The van der Waals surface area contributed by atoms with Gasteiger partial charge in [-0.1, -0.05) is 0 Å². The van der Waals surface area contributed by atoms with Crippen LogP contribution in [-0.4, -0.2) is 18.1 Å². The predicted octanol–water partition coefficient (Wildman–Crippen LogP) is 0.864. The normalized spacial score (nSPS) is 56.2. The monoisotopic (exact) mass is 166 g/mol. The summed E-state index contributed by atoms with van der Waals surface area (Å²) < 4.78 is 0. The third-order valence-electron chi connectivity index (χ3n) is 3.89. The Kier molecular flexibility index (Phi) is 1.50. The van der Waals surface area contributed by atoms with Crippen LogP contribution >= 0.6 is 0 Å². The Morgan fingerprint density at radius 3 is 2.00 bits per heavy atom. The van der Waals surface area contributed by atoms with Crippen molar-refractivity contribution in [1.29, 1.82) is 0 Å². The summed E-state index contributed by atoms with van der Waals surface area (Å²) in [7, 11) is 0. The van der Waals surface area contributed by atoms with Gasteiger partial charge in [-0.25, -0.2) is 0 Å². The molecule has 2 unspecified atom stereocenters. The zero-order valence-corrected chi connectivity index (χ0v) is 7.50. The van der Waals surface area contributed by atoms with Crippen molar-refractivity contribution in [2.24, 2.45) is 17.6 Å². The van der Waals surface area contributed by atoms with Gasteiger partial charge in [0.2, 0.25) is 0 Å². The lowest BCUT2D eigenvalue weighted by Crippen LogP contribution is -2.51. The number of hydrogen-bond donors (Lipinski definition) is 2. The van der Waals surface area contributed by atoms with Crippen LogP contribution < -0.4 is 11.1 Å². The van der Waals surface area contributed by atoms with Crippen molar-refractivity contribution >= 4 is 0 Å². The molecule has 0 bridgehead atoms. The van der Waals surface area contributed by atoms with E-state index in [0.717, 1.165) is 23.9 Å². The van der Waals surface area contributed by atoms with Gasteiger partial charge in [0.15, 0.2) is 0 Å². The highest BCUT2D eigenvalue weighted by Gasteiger charge is 2.46. The average molecular weight is 166 g/mol. The molecule has 2 heteroatoms. The number of nitrogens with one attached hydrogen (secondary N) is 1. The van der Waals surface area contributed by atoms with E-state index in [9.17, 15) is 0 Å². The number of hydrogen-bond acceptors (Lipinski definition) is 2. The maximum absolute atomic E-state index is 5.74. The van der Waals surface area contributed by atoms with Gasteiger partial charge in [0.05, 0.1) is 0 Å². The fraction of sp³-hybridized carbons (Fsp3) is 1.00. The third kappa shape index (κ3) is 1.17. The van der Waals surface area contributed by atoms with Crippen LogP contribution in [0.3, 0.4) is 0 Å². The summed E-state index contributed by atoms with van der Waals surface area (Å²) in [6.45, 7) is 0. The quantitative estimate of drug-likeness (QED) is 0.638. The highest BCUT2D eigenvalue weighted by Crippen LogP contribution is 2.51. The molecule has 68 valence electrons. The van der Waals surface area contributed by atoms with Crippen LogP contribution in [-0.2, 0) is 0 Å². The van der Waals surface area contributed by atoms with E-state index in [2.05, 4.69) is 5.32 Å². The average Bonchev–Trinajstić information content (AvgIpc) is 2.57. The molecule has 3 fully saturated rings. The van der Waals surface area contributed by atoms with Gasteiger partial charge >= 0.3 is 0 Å². The second-order valence-corrected chi connectivity index (χ2v) is 5.02. The van der Waals surface area contributed by atoms with Crippen molar-refractivity contribution in [2.45, 2.75) is 50.2 Å². The number of rotatable bonds is 2. The molecule has 3 rings (SSSR count). The molecule has 0 radical (unpaired) electrons. The highest BCUT2D eigenvalue weighted by atomic mass is 15.0. The van der Waals surface area contributed by atoms with Crippen LogP contribution in [0.1, 0.15) is 32.1 Å². The predicted molar refractivity (Wildman–Crippen MR) is 48.8 cm³/mol. The molecule has 2 nitrogen and oxygen atoms in total. The zero-order valence-electron chi connectivity index (χ0n) is 7.50. The Bertz CT molecular complexity index is 176. The van der Waals surface area contributed by atoms with Crippen LogP contribution in [0.25, 0.3) is 0 Å². The van der Waals surface area contributed by atoms with Gasteiger partial charge in [0.1, 0.15) is 0 Å². The van der Waals surface area contributed by atoms with E-state index in [0.29, 0.717) is 6.04 Å². The largest absolute Gasteiger partial charge is 0.328 e. The van der Waals surface area contributed by atoms with Crippen LogP contribution in [0, 0.1) is 11.8 Å². The Morgan fingerprint density at radius 2 is 1.42 bits per heavy atom. The van der Waals surface area contributed by atoms with E-state index in [-0.39, 0.29) is 0 Å². The molecule has 0 saturated heterocycles. The van der Waals surface area contributed by atoms with Gasteiger partial charge in [0, 0.05) is 18.1 Å². The first kappa shape index (κ1) is 7.34. The molecule has 0 aliphatic heterocycles. The van der Waals surface area contributed by atoms with E-state index in [1.807, 2.05) is 0 Å². The molecule has 0 aromatic carbocycles. The van der Waals surface area contributed by atoms with Crippen LogP contribution in [0.4, 0.5) is 0 Å². The fourth-order valence-electron chi connectivity index (χ4n) is 2.98. The summed E-state index contributed by atoms with van der Waals surface area (Å²) in [4.78, 5) is 0. The van der Waals surface area contributed by atoms with Crippen molar-refractivity contribution in [1.82, 2.24) is 5.32 Å². The van der Waals surface area contributed by atoms with E-state index in [4.69, 9.17) is 5.73 Å². The topological polar surface area (TPSA) is 38.0 Å². The molecule has 3 aliphatic rings. The minimum atomic E-state index is 0.499. The molecular formula is C10H18N2. The lowest BCUT2D eigenvalue weighted by atomic mass is 9.87. The minimum absolute atomic E-state index is 0.499. The van der Waals surface area contributed by atoms with Crippen molar-refractivity contribution in [2.75, 3.05) is 0 Å². The summed E-state index contributed by atoms with van der Waals surface area (Å²) in [6.07, 6.45) is 6.87. The van der Waals surface area contributed by atoms with E-state index < -0.39 is 0 Å². The lowest BCUT2D eigenvalue weighted by molar-refractivity contribution is 0.260. The van der Waals surface area contributed by atoms with Crippen molar-refractivity contribution in [3.63, 3.8) is 0 Å². The van der Waals surface area contributed by atoms with E-state index in [1.165, 1.54) is 32.1 Å². The Hall–Kier alpha value is -0.0800. The second kappa shape index (κ2) is 2.46. The Morgan fingerprint density at radius 1 is 0.833 bits per heavy atom. The molecular weight excluding hydrogens is 148 g/mol. The molecule has 0 amide bonds. The molecule has 3 saturated carbocycles. The standard InChI is InChI=1S/C10H18N2/c11-8-4-10(5-8)12-9-2-6-1-7(6)3-9/h6-10,12H,1-5,11H2. The van der Waals surface area contributed by atoms with Crippen molar-refractivity contribution < 1.29 is 0 Å². The molecule has 3 N–H and O–H groups in total. The Labute approximate surface area is 73.9 Å². The van der Waals surface area contributed by atoms with Gasteiger partial charge in [-0.2, -0.15) is 0 Å². The molecule has 0 heterocycles. The lowest BCUT2D eigenvalue weighted by Gasteiger charge is -2.35. The van der Waals surface area contributed by atoms with Crippen LogP contribution in [0.5, 0.6) is 0 Å². The molecule has 2 atom stereocenters. The van der Waals surface area contributed by atoms with Gasteiger partial charge in [0.25, 0.3) is 0 Å². The smallest absolute Gasteiger partial charge is 0.00991 e. The maximum atomic E-state index is 5.74. The van der Waals surface area contributed by atoms with Crippen LogP contribution in [0.2, 0.25) is 0 Å². The molecule has 0 aromatic heterocycles. The first-order valence-corrected chi connectivity index (χ1v) is 5.33. The summed E-state index contributed by atoms with van der Waals surface area (Å²) in [6, 6.07) is 2.12. The third-order valence-corrected chi connectivity index (χ3v) is 3.89. The van der Waals surface area contributed by atoms with Crippen molar-refractivity contribution in [3.05, 3.63) is 0 Å². The van der Waals surface area contributed by atoms with Gasteiger partial charge < -0.3 is 11.1 Å². The maximum Gasteiger partial charge on any atom is 0.00991 e. The number of fused-ring (bicyclic) bond motifs is 1. The fourth-order valence-corrected chi connectivity index (χ4v) is 2.98. The second-order valence-electron chi connectivity index (χ2n) is 5.02. The van der Waals surface area contributed by atoms with Crippen molar-refractivity contribution in [3.8, 4) is 0 Å². The molecule has 0 spiro atoms.